The third-order valence-electron chi connectivity index (χ3n) is 3.23. The van der Waals surface area contributed by atoms with Crippen molar-refractivity contribution in [3.05, 3.63) is 64.9 Å². The van der Waals surface area contributed by atoms with E-state index in [0.717, 1.165) is 6.29 Å². The molecular formula is C16H11ClN4O3. The van der Waals surface area contributed by atoms with E-state index in [1.165, 1.54) is 29.1 Å². The molecule has 8 heteroatoms. The molecule has 0 aliphatic carbocycles. The monoisotopic (exact) mass is 342 g/mol. The number of amides is 1. The Kier molecular flexibility index (Phi) is 4.26. The second-order valence-corrected chi connectivity index (χ2v) is 5.29. The lowest BCUT2D eigenvalue weighted by atomic mass is 10.2. The molecule has 7 nitrogen and oxygen atoms in total. The smallest absolute Gasteiger partial charge is 0.277 e. The van der Waals surface area contributed by atoms with Crippen molar-refractivity contribution in [2.24, 2.45) is 0 Å². The van der Waals surface area contributed by atoms with E-state index >= 15 is 0 Å². The van der Waals surface area contributed by atoms with Gasteiger partial charge in [0.2, 0.25) is 0 Å². The molecular weight excluding hydrogens is 332 g/mol. The number of nitrogens with one attached hydrogen (secondary N) is 1. The van der Waals surface area contributed by atoms with E-state index in [1.807, 2.05) is 0 Å². The highest BCUT2D eigenvalue weighted by molar-refractivity contribution is 6.32. The van der Waals surface area contributed by atoms with Gasteiger partial charge in [0.15, 0.2) is 5.69 Å². The van der Waals surface area contributed by atoms with Crippen LogP contribution in [0.1, 0.15) is 20.8 Å². The van der Waals surface area contributed by atoms with Crippen LogP contribution in [0.5, 0.6) is 5.75 Å². The molecule has 2 N–H and O–H groups in total. The fraction of sp³-hybridized carbons (Fsp3) is 0. The van der Waals surface area contributed by atoms with E-state index in [9.17, 15) is 14.7 Å². The number of carbonyl (C=O) groups is 2. The van der Waals surface area contributed by atoms with E-state index in [1.54, 1.807) is 24.3 Å². The van der Waals surface area contributed by atoms with Crippen molar-refractivity contribution in [1.29, 1.82) is 0 Å². The van der Waals surface area contributed by atoms with Crippen molar-refractivity contribution in [1.82, 2.24) is 15.0 Å². The summed E-state index contributed by atoms with van der Waals surface area (Å²) in [4.78, 5) is 22.8. The number of aromatic hydroxyl groups is 1. The van der Waals surface area contributed by atoms with Crippen molar-refractivity contribution < 1.29 is 14.7 Å². The SMILES string of the molecule is O=Cc1ccc(-n2cc(C(=O)Nc3ccc(O)c(Cl)c3)nn2)cc1. The molecule has 0 atom stereocenters. The first kappa shape index (κ1) is 15.7. The lowest BCUT2D eigenvalue weighted by Gasteiger charge is -2.04. The number of hydrogen-bond donors (Lipinski definition) is 2. The largest absolute Gasteiger partial charge is 0.506 e. The van der Waals surface area contributed by atoms with Crippen LogP contribution in [0.25, 0.3) is 5.69 Å². The number of benzene rings is 2. The summed E-state index contributed by atoms with van der Waals surface area (Å²) in [6, 6.07) is 11.0. The average molecular weight is 343 g/mol. The summed E-state index contributed by atoms with van der Waals surface area (Å²) >= 11 is 5.79. The zero-order chi connectivity index (χ0) is 17.1. The molecule has 1 amide bonds. The Morgan fingerprint density at radius 2 is 1.96 bits per heavy atom. The second kappa shape index (κ2) is 6.51. The second-order valence-electron chi connectivity index (χ2n) is 4.88. The Hall–Kier alpha value is -3.19. The molecule has 0 aliphatic rings. The van der Waals surface area contributed by atoms with E-state index in [2.05, 4.69) is 15.6 Å². The van der Waals surface area contributed by atoms with Crippen molar-refractivity contribution in [3.8, 4) is 11.4 Å². The molecule has 2 aromatic carbocycles. The lowest BCUT2D eigenvalue weighted by Crippen LogP contribution is -2.12. The summed E-state index contributed by atoms with van der Waals surface area (Å²) in [6.45, 7) is 0. The number of halogens is 1. The predicted molar refractivity (Wildman–Crippen MR) is 87.8 cm³/mol. The first-order chi connectivity index (χ1) is 11.6. The van der Waals surface area contributed by atoms with Gasteiger partial charge in [0.05, 0.1) is 16.9 Å². The first-order valence-electron chi connectivity index (χ1n) is 6.84. The molecule has 0 saturated carbocycles. The topological polar surface area (TPSA) is 97.1 Å². The molecule has 1 aromatic heterocycles. The van der Waals surface area contributed by atoms with Crippen LogP contribution < -0.4 is 5.32 Å². The zero-order valence-electron chi connectivity index (χ0n) is 12.2. The van der Waals surface area contributed by atoms with Gasteiger partial charge in [-0.1, -0.05) is 16.8 Å². The quantitative estimate of drug-likeness (QED) is 0.561. The number of phenolic OH excluding ortho intramolecular Hbond substituents is 1. The van der Waals surface area contributed by atoms with Crippen LogP contribution in [0.3, 0.4) is 0 Å². The van der Waals surface area contributed by atoms with E-state index in [-0.39, 0.29) is 16.5 Å². The number of phenols is 1. The van der Waals surface area contributed by atoms with Crippen LogP contribution in [-0.2, 0) is 0 Å². The number of anilines is 1. The highest BCUT2D eigenvalue weighted by atomic mass is 35.5. The maximum atomic E-state index is 12.2. The standard InChI is InChI=1S/C16H11ClN4O3/c17-13-7-11(3-6-15(13)23)18-16(24)14-8-21(20-19-14)12-4-1-10(9-22)2-5-12/h1-9,23H,(H,18,24). The average Bonchev–Trinajstić information content (AvgIpc) is 3.08. The highest BCUT2D eigenvalue weighted by Gasteiger charge is 2.12. The molecule has 0 aliphatic heterocycles. The summed E-state index contributed by atoms with van der Waals surface area (Å²) in [5, 5.41) is 19.8. The zero-order valence-corrected chi connectivity index (χ0v) is 12.9. The third kappa shape index (κ3) is 3.26. The Morgan fingerprint density at radius 1 is 1.21 bits per heavy atom. The molecule has 0 saturated heterocycles. The molecule has 0 bridgehead atoms. The minimum Gasteiger partial charge on any atom is -0.506 e. The van der Waals surface area contributed by atoms with Crippen LogP contribution >= 0.6 is 11.6 Å². The summed E-state index contributed by atoms with van der Waals surface area (Å²) in [5.41, 5.74) is 1.74. The molecule has 0 unspecified atom stereocenters. The van der Waals surface area contributed by atoms with Gasteiger partial charge in [-0.25, -0.2) is 4.68 Å². The Labute approximate surface area is 141 Å². The Bertz CT molecular complexity index is 906. The molecule has 24 heavy (non-hydrogen) atoms. The minimum atomic E-state index is -0.465. The highest BCUT2D eigenvalue weighted by Crippen LogP contribution is 2.26. The normalized spacial score (nSPS) is 10.4. The van der Waals surface area contributed by atoms with Gasteiger partial charge in [-0.3, -0.25) is 9.59 Å². The van der Waals surface area contributed by atoms with Gasteiger partial charge in [0, 0.05) is 11.3 Å². The van der Waals surface area contributed by atoms with Gasteiger partial charge in [-0.2, -0.15) is 0 Å². The van der Waals surface area contributed by atoms with Gasteiger partial charge in [-0.15, -0.1) is 5.10 Å². The molecule has 3 aromatic rings. The summed E-state index contributed by atoms with van der Waals surface area (Å²) in [6.07, 6.45) is 2.21. The predicted octanol–water partition coefficient (Wildman–Crippen LogP) is 2.69. The maximum Gasteiger partial charge on any atom is 0.277 e. The van der Waals surface area contributed by atoms with Gasteiger partial charge < -0.3 is 10.4 Å². The Morgan fingerprint density at radius 3 is 2.62 bits per heavy atom. The fourth-order valence-electron chi connectivity index (χ4n) is 1.98. The van der Waals surface area contributed by atoms with E-state index in [0.29, 0.717) is 16.9 Å². The van der Waals surface area contributed by atoms with E-state index < -0.39 is 5.91 Å². The summed E-state index contributed by atoms with van der Waals surface area (Å²) in [5.74, 6) is -0.535. The van der Waals surface area contributed by atoms with Crippen molar-refractivity contribution in [2.75, 3.05) is 5.32 Å². The molecule has 0 spiro atoms. The van der Waals surface area contributed by atoms with Crippen molar-refractivity contribution in [3.63, 3.8) is 0 Å². The summed E-state index contributed by atoms with van der Waals surface area (Å²) in [7, 11) is 0. The first-order valence-corrected chi connectivity index (χ1v) is 7.22. The molecule has 0 fully saturated rings. The van der Waals surface area contributed by atoms with Gasteiger partial charge >= 0.3 is 0 Å². The van der Waals surface area contributed by atoms with Crippen molar-refractivity contribution >= 4 is 29.5 Å². The third-order valence-corrected chi connectivity index (χ3v) is 3.53. The maximum absolute atomic E-state index is 12.2. The van der Waals surface area contributed by atoms with Crippen molar-refractivity contribution in [2.45, 2.75) is 0 Å². The molecule has 1 heterocycles. The van der Waals surface area contributed by atoms with Crippen LogP contribution in [0.2, 0.25) is 5.02 Å². The fourth-order valence-corrected chi connectivity index (χ4v) is 2.16. The number of nitrogens with zero attached hydrogens (tertiary/aromatic N) is 3. The van der Waals surface area contributed by atoms with Crippen LogP contribution in [0.4, 0.5) is 5.69 Å². The number of carbonyl (C=O) groups excluding carboxylic acids is 2. The molecule has 120 valence electrons. The molecule has 0 radical (unpaired) electrons. The number of rotatable bonds is 4. The van der Waals surface area contributed by atoms with Crippen LogP contribution in [0.15, 0.2) is 48.7 Å². The van der Waals surface area contributed by atoms with Crippen LogP contribution in [0, 0.1) is 0 Å². The Balaban J connectivity index is 1.77. The van der Waals surface area contributed by atoms with Gasteiger partial charge in [0.1, 0.15) is 12.0 Å². The number of hydrogen-bond acceptors (Lipinski definition) is 5. The molecule has 3 rings (SSSR count). The lowest BCUT2D eigenvalue weighted by molar-refractivity contribution is 0.102. The number of aromatic nitrogens is 3. The van der Waals surface area contributed by atoms with Gasteiger partial charge in [0.25, 0.3) is 5.91 Å². The van der Waals surface area contributed by atoms with E-state index in [4.69, 9.17) is 11.6 Å². The van der Waals surface area contributed by atoms with Crippen LogP contribution in [-0.4, -0.2) is 32.3 Å². The summed E-state index contributed by atoms with van der Waals surface area (Å²) < 4.78 is 1.42. The minimum absolute atomic E-state index is 0.0700. The van der Waals surface area contributed by atoms with Gasteiger partial charge in [-0.05, 0) is 42.5 Å². The number of aldehydes is 1.